The highest BCUT2D eigenvalue weighted by atomic mass is 19.4. The van der Waals surface area contributed by atoms with Crippen molar-refractivity contribution in [2.45, 2.75) is 13.1 Å². The van der Waals surface area contributed by atoms with Crippen molar-refractivity contribution in [3.8, 4) is 16.8 Å². The highest BCUT2D eigenvalue weighted by Crippen LogP contribution is 2.34. The molecule has 0 bridgehead atoms. The van der Waals surface area contributed by atoms with Gasteiger partial charge in [0, 0.05) is 24.0 Å². The molecule has 0 aliphatic rings. The van der Waals surface area contributed by atoms with E-state index >= 15 is 0 Å². The van der Waals surface area contributed by atoms with E-state index in [2.05, 4.69) is 10.1 Å². The lowest BCUT2D eigenvalue weighted by Crippen LogP contribution is -2.24. The number of nitrogens with zero attached hydrogens (tertiary/aromatic N) is 4. The summed E-state index contributed by atoms with van der Waals surface area (Å²) < 4.78 is 43.1. The average Bonchev–Trinajstić information content (AvgIpc) is 3.13. The molecule has 5 rings (SSSR count). The van der Waals surface area contributed by atoms with Crippen molar-refractivity contribution in [1.82, 2.24) is 19.3 Å². The van der Waals surface area contributed by atoms with Crippen molar-refractivity contribution in [3.05, 3.63) is 82.4 Å². The van der Waals surface area contributed by atoms with Crippen LogP contribution in [-0.2, 0) is 13.2 Å². The van der Waals surface area contributed by atoms with E-state index in [4.69, 9.17) is 5.73 Å². The number of hydrogen-bond acceptors (Lipinski definition) is 4. The molecule has 0 amide bonds. The van der Waals surface area contributed by atoms with E-state index in [9.17, 15) is 18.0 Å². The second-order valence-corrected chi connectivity index (χ2v) is 7.91. The number of aromatic nitrogens is 4. The number of nitrogens with two attached hydrogens (primary N) is 1. The molecule has 0 fully saturated rings. The predicted octanol–water partition coefficient (Wildman–Crippen LogP) is 4.85. The zero-order valence-corrected chi connectivity index (χ0v) is 17.7. The first kappa shape index (κ1) is 20.7. The van der Waals surface area contributed by atoms with E-state index in [1.807, 2.05) is 13.1 Å². The van der Waals surface area contributed by atoms with Crippen molar-refractivity contribution in [1.29, 1.82) is 0 Å². The van der Waals surface area contributed by atoms with Gasteiger partial charge in [0.2, 0.25) is 0 Å². The topological polar surface area (TPSA) is 78.7 Å². The van der Waals surface area contributed by atoms with Crippen molar-refractivity contribution in [2.75, 3.05) is 5.73 Å². The van der Waals surface area contributed by atoms with E-state index in [1.165, 1.54) is 10.6 Å². The molecule has 3 heterocycles. The summed E-state index contributed by atoms with van der Waals surface area (Å²) >= 11 is 0. The summed E-state index contributed by atoms with van der Waals surface area (Å²) in [7, 11) is 1.79. The van der Waals surface area contributed by atoms with Gasteiger partial charge in [0.05, 0.1) is 22.5 Å². The van der Waals surface area contributed by atoms with Crippen LogP contribution in [0.1, 0.15) is 11.3 Å². The van der Waals surface area contributed by atoms with Crippen molar-refractivity contribution in [2.24, 2.45) is 7.05 Å². The minimum absolute atomic E-state index is 0.0721. The maximum absolute atomic E-state index is 13.7. The fourth-order valence-electron chi connectivity index (χ4n) is 3.96. The quantitative estimate of drug-likeness (QED) is 0.418. The van der Waals surface area contributed by atoms with Crippen LogP contribution >= 0.6 is 0 Å². The molecule has 0 atom stereocenters. The Morgan fingerprint density at radius 1 is 1.00 bits per heavy atom. The molecule has 0 saturated heterocycles. The van der Waals surface area contributed by atoms with Crippen LogP contribution in [0.3, 0.4) is 0 Å². The summed E-state index contributed by atoms with van der Waals surface area (Å²) in [6, 6.07) is 14.3. The maximum Gasteiger partial charge on any atom is 0.433 e. The van der Waals surface area contributed by atoms with Crippen molar-refractivity contribution < 1.29 is 13.2 Å². The number of alkyl halides is 3. The van der Waals surface area contributed by atoms with E-state index in [-0.39, 0.29) is 22.3 Å². The Morgan fingerprint density at radius 2 is 1.73 bits per heavy atom. The second-order valence-electron chi connectivity index (χ2n) is 7.91. The fraction of sp³-hybridized carbons (Fsp3) is 0.125. The summed E-state index contributed by atoms with van der Waals surface area (Å²) in [5, 5.41) is 5.40. The van der Waals surface area contributed by atoms with Gasteiger partial charge in [-0.05, 0) is 48.9 Å². The van der Waals surface area contributed by atoms with E-state index in [1.54, 1.807) is 54.2 Å². The summed E-state index contributed by atoms with van der Waals surface area (Å²) in [4.78, 5) is 17.5. The number of halogens is 3. The molecule has 9 heteroatoms. The molecule has 5 aromatic rings. The average molecular weight is 449 g/mol. The Labute approximate surface area is 185 Å². The molecule has 2 N–H and O–H groups in total. The summed E-state index contributed by atoms with van der Waals surface area (Å²) in [5.74, 6) is 0. The van der Waals surface area contributed by atoms with Crippen LogP contribution in [0, 0.1) is 6.92 Å². The molecule has 0 radical (unpaired) electrons. The van der Waals surface area contributed by atoms with Gasteiger partial charge in [-0.3, -0.25) is 14.0 Å². The zero-order chi connectivity index (χ0) is 23.5. The van der Waals surface area contributed by atoms with Gasteiger partial charge in [-0.2, -0.15) is 18.3 Å². The molecule has 0 saturated carbocycles. The molecule has 0 spiro atoms. The van der Waals surface area contributed by atoms with E-state index in [0.717, 1.165) is 22.5 Å². The van der Waals surface area contributed by atoms with Crippen LogP contribution in [0.25, 0.3) is 38.8 Å². The van der Waals surface area contributed by atoms with Gasteiger partial charge in [0.15, 0.2) is 0 Å². The molecule has 0 aliphatic carbocycles. The summed E-state index contributed by atoms with van der Waals surface area (Å²) in [5.41, 5.74) is 7.46. The molecule has 6 nitrogen and oxygen atoms in total. The van der Waals surface area contributed by atoms with Crippen LogP contribution in [0.5, 0.6) is 0 Å². The zero-order valence-electron chi connectivity index (χ0n) is 17.7. The summed E-state index contributed by atoms with van der Waals surface area (Å²) in [6.45, 7) is 1.88. The number of nitrogen functional groups attached to an aromatic ring is 1. The van der Waals surface area contributed by atoms with Crippen LogP contribution in [0.4, 0.5) is 18.9 Å². The van der Waals surface area contributed by atoms with Gasteiger partial charge < -0.3 is 5.73 Å². The lowest BCUT2D eigenvalue weighted by atomic mass is 10.0. The number of hydrogen-bond donors (Lipinski definition) is 1. The first-order chi connectivity index (χ1) is 15.6. The van der Waals surface area contributed by atoms with Gasteiger partial charge in [-0.25, -0.2) is 4.98 Å². The summed E-state index contributed by atoms with van der Waals surface area (Å²) in [6.07, 6.45) is -2.85. The van der Waals surface area contributed by atoms with Crippen molar-refractivity contribution >= 4 is 27.6 Å². The van der Waals surface area contributed by atoms with Crippen LogP contribution in [0.15, 0.2) is 65.6 Å². The maximum atomic E-state index is 13.7. The second kappa shape index (κ2) is 7.19. The Morgan fingerprint density at radius 3 is 2.42 bits per heavy atom. The number of fused-ring (bicyclic) bond motifs is 2. The van der Waals surface area contributed by atoms with Gasteiger partial charge in [-0.15, -0.1) is 0 Å². The smallest absolute Gasteiger partial charge is 0.397 e. The molecule has 3 aromatic heterocycles. The Bertz CT molecular complexity index is 1600. The molecular formula is C24H18F3N5O. The predicted molar refractivity (Wildman–Crippen MR) is 121 cm³/mol. The van der Waals surface area contributed by atoms with Gasteiger partial charge >= 0.3 is 6.18 Å². The number of benzene rings is 2. The number of anilines is 1. The highest BCUT2D eigenvalue weighted by molar-refractivity contribution is 5.99. The first-order valence-corrected chi connectivity index (χ1v) is 10.1. The van der Waals surface area contributed by atoms with E-state index < -0.39 is 17.4 Å². The lowest BCUT2D eigenvalue weighted by Gasteiger charge is -2.17. The normalized spacial score (nSPS) is 12.0. The molecule has 2 aromatic carbocycles. The van der Waals surface area contributed by atoms with Crippen LogP contribution in [-0.4, -0.2) is 19.3 Å². The molecule has 0 unspecified atom stereocenters. The standard InChI is InChI=1S/C24H18F3N5O/c1-13-3-6-16(7-4-13)32-22-17(8-10-19(29-22)24(25,26)27)21(28)20(23(32)33)14-5-9-18-15(11-14)12-31(2)30-18/h3-12H,28H2,1-2H3. The third-order valence-corrected chi connectivity index (χ3v) is 5.55. The SMILES string of the molecule is Cc1ccc(-n2c(=O)c(-c3ccc4nn(C)cc4c3)c(N)c3ccc(C(F)(F)F)nc32)cc1. The Hall–Kier alpha value is -4.14. The molecule has 166 valence electrons. The lowest BCUT2D eigenvalue weighted by molar-refractivity contribution is -0.141. The van der Waals surface area contributed by atoms with Gasteiger partial charge in [-0.1, -0.05) is 23.8 Å². The third kappa shape index (κ3) is 3.42. The van der Waals surface area contributed by atoms with Crippen molar-refractivity contribution in [3.63, 3.8) is 0 Å². The highest BCUT2D eigenvalue weighted by Gasteiger charge is 2.33. The minimum atomic E-state index is -4.67. The number of rotatable bonds is 2. The molecule has 33 heavy (non-hydrogen) atoms. The number of aryl methyl sites for hydroxylation is 2. The van der Waals surface area contributed by atoms with E-state index in [0.29, 0.717) is 11.3 Å². The molecular weight excluding hydrogens is 431 g/mol. The van der Waals surface area contributed by atoms with Crippen LogP contribution in [0.2, 0.25) is 0 Å². The van der Waals surface area contributed by atoms with Gasteiger partial charge in [0.1, 0.15) is 11.3 Å². The Balaban J connectivity index is 1.89. The Kier molecular flexibility index (Phi) is 4.52. The third-order valence-electron chi connectivity index (χ3n) is 5.55. The minimum Gasteiger partial charge on any atom is -0.397 e. The fourth-order valence-corrected chi connectivity index (χ4v) is 3.96. The van der Waals surface area contributed by atoms with Crippen LogP contribution < -0.4 is 11.3 Å². The molecule has 0 aliphatic heterocycles. The van der Waals surface area contributed by atoms with Gasteiger partial charge in [0.25, 0.3) is 5.56 Å². The monoisotopic (exact) mass is 449 g/mol. The number of pyridine rings is 2. The largest absolute Gasteiger partial charge is 0.433 e. The first-order valence-electron chi connectivity index (χ1n) is 10.1.